The maximum absolute atomic E-state index is 13.4. The van der Waals surface area contributed by atoms with Gasteiger partial charge in [0.25, 0.3) is 5.92 Å². The van der Waals surface area contributed by atoms with Gasteiger partial charge in [-0.05, 0) is 23.8 Å². The number of hydrogen-bond donors (Lipinski definition) is 1. The lowest BCUT2D eigenvalue weighted by Gasteiger charge is -2.32. The number of hydrogen-bond acceptors (Lipinski definition) is 4. The van der Waals surface area contributed by atoms with Crippen LogP contribution < -0.4 is 10.2 Å². The van der Waals surface area contributed by atoms with Crippen molar-refractivity contribution in [3.8, 4) is 11.3 Å². The highest BCUT2D eigenvalue weighted by molar-refractivity contribution is 5.87. The van der Waals surface area contributed by atoms with Crippen molar-refractivity contribution < 1.29 is 22.4 Å². The molecule has 2 aromatic heterocycles. The highest BCUT2D eigenvalue weighted by Gasteiger charge is 2.34. The zero-order valence-corrected chi connectivity index (χ0v) is 14.9. The lowest BCUT2D eigenvalue weighted by Crippen LogP contribution is -2.39. The first-order chi connectivity index (χ1) is 13.3. The third-order valence-corrected chi connectivity index (χ3v) is 4.51. The molecule has 0 aliphatic carbocycles. The van der Waals surface area contributed by atoms with Crippen LogP contribution in [0.5, 0.6) is 0 Å². The van der Waals surface area contributed by atoms with E-state index in [4.69, 9.17) is 0 Å². The molecule has 2 aromatic rings. The standard InChI is InChI=1S/C18H19F4N5O/c1-2-16(28)24-11-12-10-23-15(26-7-4-18(21,22)5-8-26)9-13(12)14-3-6-27(25-14)17(19)20/h2-3,6,9-10,17H,1,4-5,7-8,11H2,(H,24,28). The van der Waals surface area contributed by atoms with Crippen molar-refractivity contribution in [3.05, 3.63) is 42.7 Å². The van der Waals surface area contributed by atoms with Gasteiger partial charge in [0.2, 0.25) is 5.91 Å². The number of alkyl halides is 4. The van der Waals surface area contributed by atoms with E-state index in [1.165, 1.54) is 12.3 Å². The van der Waals surface area contributed by atoms with E-state index in [1.54, 1.807) is 11.0 Å². The molecule has 1 aliphatic rings. The summed E-state index contributed by atoms with van der Waals surface area (Å²) in [4.78, 5) is 17.5. The normalized spacial score (nSPS) is 16.2. The number of piperidine rings is 1. The second-order valence-corrected chi connectivity index (χ2v) is 6.42. The number of rotatable bonds is 6. The van der Waals surface area contributed by atoms with E-state index in [0.717, 1.165) is 12.3 Å². The summed E-state index contributed by atoms with van der Waals surface area (Å²) in [5.74, 6) is -2.63. The van der Waals surface area contributed by atoms with Crippen molar-refractivity contribution in [1.29, 1.82) is 0 Å². The molecule has 1 amide bonds. The molecule has 1 saturated heterocycles. The fraction of sp³-hybridized carbons (Fsp3) is 0.389. The number of nitrogens with one attached hydrogen (secondary N) is 1. The van der Waals surface area contributed by atoms with Gasteiger partial charge in [-0.25, -0.2) is 18.4 Å². The summed E-state index contributed by atoms with van der Waals surface area (Å²) < 4.78 is 53.1. The van der Waals surface area contributed by atoms with Crippen molar-refractivity contribution >= 4 is 11.7 Å². The summed E-state index contributed by atoms with van der Waals surface area (Å²) in [6.45, 7) is 0.943. The molecule has 150 valence electrons. The smallest absolute Gasteiger partial charge is 0.333 e. The maximum Gasteiger partial charge on any atom is 0.333 e. The Labute approximate surface area is 158 Å². The number of pyridine rings is 1. The fourth-order valence-corrected chi connectivity index (χ4v) is 2.93. The molecule has 0 unspecified atom stereocenters. The van der Waals surface area contributed by atoms with Gasteiger partial charge in [-0.3, -0.25) is 4.79 Å². The van der Waals surface area contributed by atoms with Crippen molar-refractivity contribution in [2.45, 2.75) is 31.9 Å². The molecular weight excluding hydrogens is 378 g/mol. The van der Waals surface area contributed by atoms with E-state index in [0.29, 0.717) is 21.6 Å². The molecule has 6 nitrogen and oxygen atoms in total. The Balaban J connectivity index is 1.91. The van der Waals surface area contributed by atoms with Crippen molar-refractivity contribution in [2.24, 2.45) is 0 Å². The van der Waals surface area contributed by atoms with Gasteiger partial charge in [0.05, 0.1) is 5.69 Å². The second kappa shape index (κ2) is 7.99. The Bertz CT molecular complexity index is 857. The lowest BCUT2D eigenvalue weighted by atomic mass is 10.0. The van der Waals surface area contributed by atoms with Crippen LogP contribution in [-0.4, -0.2) is 39.7 Å². The molecular formula is C18H19F4N5O. The predicted molar refractivity (Wildman–Crippen MR) is 95.1 cm³/mol. The van der Waals surface area contributed by atoms with Gasteiger partial charge in [-0.1, -0.05) is 6.58 Å². The Morgan fingerprint density at radius 1 is 1.36 bits per heavy atom. The van der Waals surface area contributed by atoms with E-state index in [9.17, 15) is 22.4 Å². The van der Waals surface area contributed by atoms with E-state index < -0.39 is 18.4 Å². The number of amides is 1. The molecule has 3 heterocycles. The number of carbonyl (C=O) groups excluding carboxylic acids is 1. The minimum Gasteiger partial charge on any atom is -0.356 e. The van der Waals surface area contributed by atoms with Crippen LogP contribution in [-0.2, 0) is 11.3 Å². The van der Waals surface area contributed by atoms with Crippen LogP contribution in [0.1, 0.15) is 25.0 Å². The first-order valence-electron chi connectivity index (χ1n) is 8.65. The van der Waals surface area contributed by atoms with Gasteiger partial charge < -0.3 is 10.2 Å². The molecule has 0 saturated carbocycles. The summed E-state index contributed by atoms with van der Waals surface area (Å²) in [7, 11) is 0. The monoisotopic (exact) mass is 397 g/mol. The molecule has 0 spiro atoms. The van der Waals surface area contributed by atoms with Gasteiger partial charge in [-0.2, -0.15) is 13.9 Å². The molecule has 0 atom stereocenters. The average Bonchev–Trinajstić information content (AvgIpc) is 3.16. The first-order valence-corrected chi connectivity index (χ1v) is 8.65. The fourth-order valence-electron chi connectivity index (χ4n) is 2.93. The van der Waals surface area contributed by atoms with Gasteiger partial charge in [0.15, 0.2) is 0 Å². The van der Waals surface area contributed by atoms with Crippen molar-refractivity contribution in [1.82, 2.24) is 20.1 Å². The van der Waals surface area contributed by atoms with Crippen LogP contribution in [0.3, 0.4) is 0 Å². The Morgan fingerprint density at radius 2 is 2.07 bits per heavy atom. The molecule has 1 fully saturated rings. The average molecular weight is 397 g/mol. The molecule has 10 heteroatoms. The molecule has 0 aromatic carbocycles. The minimum absolute atomic E-state index is 0.0904. The largest absolute Gasteiger partial charge is 0.356 e. The van der Waals surface area contributed by atoms with Crippen LogP contribution in [0.2, 0.25) is 0 Å². The van der Waals surface area contributed by atoms with Gasteiger partial charge in [-0.15, -0.1) is 0 Å². The van der Waals surface area contributed by atoms with Gasteiger partial charge >= 0.3 is 6.55 Å². The highest BCUT2D eigenvalue weighted by atomic mass is 19.3. The third kappa shape index (κ3) is 4.49. The molecule has 3 rings (SSSR count). The topological polar surface area (TPSA) is 63.1 Å². The van der Waals surface area contributed by atoms with Crippen LogP contribution >= 0.6 is 0 Å². The summed E-state index contributed by atoms with van der Waals surface area (Å²) >= 11 is 0. The molecule has 28 heavy (non-hydrogen) atoms. The Morgan fingerprint density at radius 3 is 2.68 bits per heavy atom. The summed E-state index contributed by atoms with van der Waals surface area (Å²) in [5, 5.41) is 6.47. The Kier molecular flexibility index (Phi) is 5.66. The predicted octanol–water partition coefficient (Wildman–Crippen LogP) is 3.38. The summed E-state index contributed by atoms with van der Waals surface area (Å²) in [6.07, 6.45) is 3.19. The molecule has 1 aliphatic heterocycles. The first kappa shape index (κ1) is 19.8. The van der Waals surface area contributed by atoms with E-state index in [2.05, 4.69) is 22.0 Å². The van der Waals surface area contributed by atoms with Crippen LogP contribution in [0.25, 0.3) is 11.3 Å². The third-order valence-electron chi connectivity index (χ3n) is 4.51. The van der Waals surface area contributed by atoms with Crippen LogP contribution in [0.4, 0.5) is 23.4 Å². The molecule has 0 bridgehead atoms. The van der Waals surface area contributed by atoms with Gasteiger partial charge in [0, 0.05) is 50.4 Å². The van der Waals surface area contributed by atoms with Crippen molar-refractivity contribution in [2.75, 3.05) is 18.0 Å². The number of carbonyl (C=O) groups is 1. The maximum atomic E-state index is 13.4. The highest BCUT2D eigenvalue weighted by Crippen LogP contribution is 2.32. The van der Waals surface area contributed by atoms with Gasteiger partial charge in [0.1, 0.15) is 5.82 Å². The quantitative estimate of drug-likeness (QED) is 0.600. The number of nitrogens with zero attached hydrogens (tertiary/aromatic N) is 4. The molecule has 0 radical (unpaired) electrons. The SMILES string of the molecule is C=CC(=O)NCc1cnc(N2CCC(F)(F)CC2)cc1-c1ccn(C(F)F)n1. The summed E-state index contributed by atoms with van der Waals surface area (Å²) in [5.41, 5.74) is 1.32. The Hall–Kier alpha value is -2.91. The van der Waals surface area contributed by atoms with E-state index >= 15 is 0 Å². The zero-order chi connectivity index (χ0) is 20.3. The number of halogens is 4. The van der Waals surface area contributed by atoms with Crippen molar-refractivity contribution in [3.63, 3.8) is 0 Å². The minimum atomic E-state index is -2.79. The number of anilines is 1. The van der Waals surface area contributed by atoms with E-state index in [1.807, 2.05) is 0 Å². The second-order valence-electron chi connectivity index (χ2n) is 6.42. The lowest BCUT2D eigenvalue weighted by molar-refractivity contribution is -0.116. The number of aromatic nitrogens is 3. The van der Waals surface area contributed by atoms with Crippen LogP contribution in [0.15, 0.2) is 37.2 Å². The summed E-state index contributed by atoms with van der Waals surface area (Å²) in [6, 6.07) is 3.05. The van der Waals surface area contributed by atoms with Crippen LogP contribution in [0, 0.1) is 0 Å². The zero-order valence-electron chi connectivity index (χ0n) is 14.9. The van der Waals surface area contributed by atoms with E-state index in [-0.39, 0.29) is 38.2 Å². The molecule has 1 N–H and O–H groups in total.